The first-order valence-electron chi connectivity index (χ1n) is 11.4. The van der Waals surface area contributed by atoms with Crippen LogP contribution in [0.5, 0.6) is 0 Å². The van der Waals surface area contributed by atoms with Crippen molar-refractivity contribution in [3.05, 3.63) is 53.1 Å². The number of piperazine rings is 1. The average molecular weight is 508 g/mol. The van der Waals surface area contributed by atoms with E-state index >= 15 is 0 Å². The van der Waals surface area contributed by atoms with E-state index in [1.165, 1.54) is 16.1 Å². The lowest BCUT2D eigenvalue weighted by atomic mass is 10.2. The molecule has 33 heavy (non-hydrogen) atoms. The van der Waals surface area contributed by atoms with Crippen molar-refractivity contribution in [2.75, 3.05) is 50.4 Å². The van der Waals surface area contributed by atoms with Crippen LogP contribution in [0.3, 0.4) is 0 Å². The zero-order chi connectivity index (χ0) is 23.4. The molecule has 0 aromatic heterocycles. The minimum atomic E-state index is -3.69. The molecule has 2 saturated heterocycles. The van der Waals surface area contributed by atoms with Crippen LogP contribution in [0, 0.1) is 0 Å². The van der Waals surface area contributed by atoms with Gasteiger partial charge in [0.1, 0.15) is 0 Å². The third kappa shape index (κ3) is 5.50. The molecule has 1 amide bonds. The second kappa shape index (κ2) is 10.7. The fourth-order valence-electron chi connectivity index (χ4n) is 4.47. The Morgan fingerprint density at radius 2 is 1.61 bits per heavy atom. The number of anilines is 1. The SMILES string of the molecule is CSc1ccc(S(=O)(=O)N2CCN(c3cccc(Cl)c3)CC2)cc1C(=O)N1CCCCCC1. The molecule has 0 atom stereocenters. The van der Waals surface area contributed by atoms with Gasteiger partial charge in [-0.2, -0.15) is 4.31 Å². The zero-order valence-electron chi connectivity index (χ0n) is 18.9. The summed E-state index contributed by atoms with van der Waals surface area (Å²) in [7, 11) is -3.69. The molecule has 2 aromatic rings. The number of rotatable bonds is 5. The summed E-state index contributed by atoms with van der Waals surface area (Å²) >= 11 is 7.58. The number of carbonyl (C=O) groups excluding carboxylic acids is 1. The Balaban J connectivity index is 1.53. The highest BCUT2D eigenvalue weighted by atomic mass is 35.5. The zero-order valence-corrected chi connectivity index (χ0v) is 21.3. The fourth-order valence-corrected chi connectivity index (χ4v) is 6.67. The minimum Gasteiger partial charge on any atom is -0.369 e. The van der Waals surface area contributed by atoms with E-state index in [1.807, 2.05) is 35.4 Å². The van der Waals surface area contributed by atoms with Gasteiger partial charge in [0.05, 0.1) is 10.5 Å². The van der Waals surface area contributed by atoms with Crippen LogP contribution in [0.2, 0.25) is 5.02 Å². The van der Waals surface area contributed by atoms with Gasteiger partial charge in [0.25, 0.3) is 5.91 Å². The van der Waals surface area contributed by atoms with E-state index in [0.29, 0.717) is 36.8 Å². The van der Waals surface area contributed by atoms with Gasteiger partial charge < -0.3 is 9.80 Å². The molecule has 2 aliphatic rings. The number of benzene rings is 2. The average Bonchev–Trinajstić information content (AvgIpc) is 3.13. The number of amides is 1. The lowest BCUT2D eigenvalue weighted by molar-refractivity contribution is 0.0758. The van der Waals surface area contributed by atoms with Crippen molar-refractivity contribution < 1.29 is 13.2 Å². The number of nitrogens with zero attached hydrogens (tertiary/aromatic N) is 3. The number of likely N-dealkylation sites (tertiary alicyclic amines) is 1. The maximum atomic E-state index is 13.4. The van der Waals surface area contributed by atoms with Gasteiger partial charge in [-0.1, -0.05) is 30.5 Å². The number of hydrogen-bond acceptors (Lipinski definition) is 5. The summed E-state index contributed by atoms with van der Waals surface area (Å²) in [5, 5.41) is 0.665. The molecular formula is C24H30ClN3O3S2. The molecule has 2 aromatic carbocycles. The van der Waals surface area contributed by atoms with E-state index in [4.69, 9.17) is 11.6 Å². The van der Waals surface area contributed by atoms with Crippen LogP contribution in [0.4, 0.5) is 5.69 Å². The highest BCUT2D eigenvalue weighted by Crippen LogP contribution is 2.29. The van der Waals surface area contributed by atoms with E-state index in [-0.39, 0.29) is 10.8 Å². The molecule has 2 aliphatic heterocycles. The molecule has 6 nitrogen and oxygen atoms in total. The molecule has 4 rings (SSSR count). The van der Waals surface area contributed by atoms with Crippen LogP contribution in [0.15, 0.2) is 52.3 Å². The lowest BCUT2D eigenvalue weighted by Gasteiger charge is -2.35. The van der Waals surface area contributed by atoms with Gasteiger partial charge in [-0.15, -0.1) is 11.8 Å². The van der Waals surface area contributed by atoms with Crippen LogP contribution in [-0.2, 0) is 10.0 Å². The van der Waals surface area contributed by atoms with Gasteiger partial charge in [0.15, 0.2) is 0 Å². The van der Waals surface area contributed by atoms with Crippen molar-refractivity contribution in [1.82, 2.24) is 9.21 Å². The van der Waals surface area contributed by atoms with Gasteiger partial charge in [-0.3, -0.25) is 4.79 Å². The topological polar surface area (TPSA) is 60.9 Å². The molecule has 0 saturated carbocycles. The predicted molar refractivity (Wildman–Crippen MR) is 135 cm³/mol. The highest BCUT2D eigenvalue weighted by Gasteiger charge is 2.30. The quantitative estimate of drug-likeness (QED) is 0.554. The summed E-state index contributed by atoms with van der Waals surface area (Å²) in [6, 6.07) is 12.6. The number of thioether (sulfide) groups is 1. The van der Waals surface area contributed by atoms with Crippen molar-refractivity contribution in [2.45, 2.75) is 35.5 Å². The Morgan fingerprint density at radius 3 is 2.24 bits per heavy atom. The summed E-state index contributed by atoms with van der Waals surface area (Å²) in [6.45, 7) is 3.40. The van der Waals surface area contributed by atoms with Crippen molar-refractivity contribution in [2.24, 2.45) is 0 Å². The first kappa shape index (κ1) is 24.4. The summed E-state index contributed by atoms with van der Waals surface area (Å²) in [5.41, 5.74) is 1.48. The van der Waals surface area contributed by atoms with Crippen LogP contribution < -0.4 is 4.90 Å². The monoisotopic (exact) mass is 507 g/mol. The molecule has 178 valence electrons. The Bertz CT molecular complexity index is 1090. The van der Waals surface area contributed by atoms with Crippen molar-refractivity contribution in [3.63, 3.8) is 0 Å². The third-order valence-electron chi connectivity index (χ3n) is 6.34. The fraction of sp³-hybridized carbons (Fsp3) is 0.458. The van der Waals surface area contributed by atoms with Crippen LogP contribution >= 0.6 is 23.4 Å². The Hall–Kier alpha value is -1.74. The van der Waals surface area contributed by atoms with E-state index in [1.54, 1.807) is 18.2 Å². The normalized spacial score (nSPS) is 18.2. The molecule has 0 spiro atoms. The summed E-state index contributed by atoms with van der Waals surface area (Å²) in [5.74, 6) is -0.0657. The van der Waals surface area contributed by atoms with Crippen LogP contribution in [-0.4, -0.2) is 69.1 Å². The molecule has 2 fully saturated rings. The number of halogens is 1. The van der Waals surface area contributed by atoms with E-state index in [9.17, 15) is 13.2 Å². The smallest absolute Gasteiger partial charge is 0.255 e. The predicted octanol–water partition coefficient (Wildman–Crippen LogP) is 4.59. The summed E-state index contributed by atoms with van der Waals surface area (Å²) < 4.78 is 28.4. The van der Waals surface area contributed by atoms with E-state index in [2.05, 4.69) is 4.90 Å². The van der Waals surface area contributed by atoms with E-state index in [0.717, 1.165) is 49.4 Å². The molecule has 0 bridgehead atoms. The van der Waals surface area contributed by atoms with Crippen LogP contribution in [0.1, 0.15) is 36.0 Å². The Morgan fingerprint density at radius 1 is 0.909 bits per heavy atom. The van der Waals surface area contributed by atoms with Gasteiger partial charge in [-0.25, -0.2) is 8.42 Å². The van der Waals surface area contributed by atoms with Gasteiger partial charge in [0, 0.05) is 54.9 Å². The maximum absolute atomic E-state index is 13.4. The van der Waals surface area contributed by atoms with Crippen molar-refractivity contribution in [1.29, 1.82) is 0 Å². The second-order valence-corrected chi connectivity index (χ2v) is 11.7. The number of carbonyl (C=O) groups is 1. The molecule has 0 unspecified atom stereocenters. The molecule has 9 heteroatoms. The first-order valence-corrected chi connectivity index (χ1v) is 14.4. The van der Waals surface area contributed by atoms with Gasteiger partial charge in [-0.05, 0) is 55.5 Å². The van der Waals surface area contributed by atoms with E-state index < -0.39 is 10.0 Å². The molecule has 0 radical (unpaired) electrons. The Labute approximate surface area is 205 Å². The van der Waals surface area contributed by atoms with Gasteiger partial charge in [0.2, 0.25) is 10.0 Å². The molecular weight excluding hydrogens is 478 g/mol. The van der Waals surface area contributed by atoms with Crippen molar-refractivity contribution in [3.8, 4) is 0 Å². The maximum Gasteiger partial charge on any atom is 0.255 e. The first-order chi connectivity index (χ1) is 15.9. The second-order valence-electron chi connectivity index (χ2n) is 8.44. The molecule has 2 heterocycles. The largest absolute Gasteiger partial charge is 0.369 e. The third-order valence-corrected chi connectivity index (χ3v) is 9.27. The van der Waals surface area contributed by atoms with Crippen molar-refractivity contribution >= 4 is 45.0 Å². The minimum absolute atomic E-state index is 0.0657. The lowest BCUT2D eigenvalue weighted by Crippen LogP contribution is -2.48. The standard InChI is InChI=1S/C24H30ClN3O3S2/c1-32-23-10-9-21(18-22(23)24(29)27-11-4-2-3-5-12-27)33(30,31)28-15-13-26(14-16-28)20-8-6-7-19(25)17-20/h6-10,17-18H,2-5,11-16H2,1H3. The number of hydrogen-bond donors (Lipinski definition) is 0. The molecule has 0 aliphatic carbocycles. The van der Waals surface area contributed by atoms with Gasteiger partial charge >= 0.3 is 0 Å². The summed E-state index contributed by atoms with van der Waals surface area (Å²) in [6.07, 6.45) is 6.17. The Kier molecular flexibility index (Phi) is 7.89. The number of sulfonamides is 1. The summed E-state index contributed by atoms with van der Waals surface area (Å²) in [4.78, 5) is 18.3. The highest BCUT2D eigenvalue weighted by molar-refractivity contribution is 7.98. The van der Waals surface area contributed by atoms with Crippen LogP contribution in [0.25, 0.3) is 0 Å². The molecule has 0 N–H and O–H groups in total.